The summed E-state index contributed by atoms with van der Waals surface area (Å²) in [4.78, 5) is 15.5. The van der Waals surface area contributed by atoms with E-state index in [0.717, 1.165) is 52.2 Å². The number of carbonyl (C=O) groups excluding carboxylic acids is 1. The number of hydrogen-bond donors (Lipinski definition) is 3. The summed E-state index contributed by atoms with van der Waals surface area (Å²) in [5.41, 5.74) is 6.64. The Morgan fingerprint density at radius 2 is 1.51 bits per heavy atom. The number of aliphatic hydroxyl groups is 1. The zero-order valence-electron chi connectivity index (χ0n) is 31.5. The standard InChI is InChI=1S/C47H51N3O5/c1-3-29-50(40-12-8-9-13-40)31-44-33(2)45(36-19-17-34(32-51)18-20-36)55-46(54-44)37-23-21-35(22-24-37)43-16-10-7-11-38(43)30-48-47(52)49-39-25-27-42(28-26-39)53-41-14-5-4-6-15-41/h3-7,10-11,14-28,33,40,44-46,51H,1,8-9,12-13,29-32H2,2H3,(H2,48,49,52)/t33-,44+,45+,46+/m0/s1. The minimum absolute atomic E-state index is 0.00679. The van der Waals surface area contributed by atoms with Crippen LogP contribution in [0.25, 0.3) is 11.1 Å². The van der Waals surface area contributed by atoms with Crippen LogP contribution in [0, 0.1) is 5.92 Å². The summed E-state index contributed by atoms with van der Waals surface area (Å²) in [5, 5.41) is 15.6. The van der Waals surface area contributed by atoms with Gasteiger partial charge in [-0.05, 0) is 77.1 Å². The number of carbonyl (C=O) groups is 1. The summed E-state index contributed by atoms with van der Waals surface area (Å²) in [6.45, 7) is 8.28. The van der Waals surface area contributed by atoms with E-state index in [2.05, 4.69) is 71.5 Å². The first-order chi connectivity index (χ1) is 27.0. The average Bonchev–Trinajstić information content (AvgIpc) is 3.77. The number of rotatable bonds is 14. The molecule has 0 aromatic heterocycles. The monoisotopic (exact) mass is 737 g/mol. The number of urea groups is 1. The van der Waals surface area contributed by atoms with E-state index in [9.17, 15) is 9.90 Å². The molecular formula is C47H51N3O5. The highest BCUT2D eigenvalue weighted by Gasteiger charge is 2.40. The number of nitrogens with one attached hydrogen (secondary N) is 2. The first-order valence-electron chi connectivity index (χ1n) is 19.4. The first-order valence-corrected chi connectivity index (χ1v) is 19.4. The molecule has 3 N–H and O–H groups in total. The molecule has 55 heavy (non-hydrogen) atoms. The van der Waals surface area contributed by atoms with Gasteiger partial charge in [-0.3, -0.25) is 4.90 Å². The molecule has 0 unspecified atom stereocenters. The maximum atomic E-state index is 12.9. The van der Waals surface area contributed by atoms with E-state index in [4.69, 9.17) is 14.2 Å². The number of amides is 2. The number of anilines is 1. The summed E-state index contributed by atoms with van der Waals surface area (Å²) in [6, 6.07) is 41.7. The minimum atomic E-state index is -0.550. The zero-order valence-corrected chi connectivity index (χ0v) is 31.5. The lowest BCUT2D eigenvalue weighted by atomic mass is 9.89. The van der Waals surface area contributed by atoms with Crippen LogP contribution in [0.2, 0.25) is 0 Å². The van der Waals surface area contributed by atoms with Gasteiger partial charge in [0, 0.05) is 42.8 Å². The molecule has 4 atom stereocenters. The van der Waals surface area contributed by atoms with Crippen LogP contribution in [0.15, 0.2) is 140 Å². The quantitative estimate of drug-likeness (QED) is 0.0983. The number of aliphatic hydroxyl groups excluding tert-OH is 1. The van der Waals surface area contributed by atoms with Gasteiger partial charge in [-0.2, -0.15) is 0 Å². The smallest absolute Gasteiger partial charge is 0.319 e. The van der Waals surface area contributed by atoms with Crippen molar-refractivity contribution in [2.45, 2.75) is 70.3 Å². The molecule has 2 fully saturated rings. The Labute approximate surface area is 324 Å². The van der Waals surface area contributed by atoms with E-state index in [0.29, 0.717) is 24.0 Å². The Bertz CT molecular complexity index is 1980. The number of para-hydroxylation sites is 1. The molecule has 1 aliphatic heterocycles. The maximum absolute atomic E-state index is 12.9. The summed E-state index contributed by atoms with van der Waals surface area (Å²) in [5.74, 6) is 1.55. The third-order valence-electron chi connectivity index (χ3n) is 10.8. The minimum Gasteiger partial charge on any atom is -0.457 e. The fourth-order valence-electron chi connectivity index (χ4n) is 7.72. The van der Waals surface area contributed by atoms with Crippen molar-refractivity contribution < 1.29 is 24.1 Å². The third-order valence-corrected chi connectivity index (χ3v) is 10.8. The molecule has 7 rings (SSSR count). The molecule has 2 aliphatic rings. The van der Waals surface area contributed by atoms with Gasteiger partial charge in [-0.1, -0.05) is 117 Å². The molecule has 8 nitrogen and oxygen atoms in total. The lowest BCUT2D eigenvalue weighted by Crippen LogP contribution is -2.47. The highest BCUT2D eigenvalue weighted by atomic mass is 16.7. The van der Waals surface area contributed by atoms with E-state index in [1.54, 1.807) is 0 Å². The Kier molecular flexibility index (Phi) is 12.7. The maximum Gasteiger partial charge on any atom is 0.319 e. The van der Waals surface area contributed by atoms with Gasteiger partial charge in [-0.25, -0.2) is 4.79 Å². The van der Waals surface area contributed by atoms with Crippen LogP contribution in [-0.4, -0.2) is 41.3 Å². The van der Waals surface area contributed by atoms with Crippen molar-refractivity contribution in [3.05, 3.63) is 162 Å². The first kappa shape index (κ1) is 38.0. The van der Waals surface area contributed by atoms with Crippen molar-refractivity contribution >= 4 is 11.7 Å². The topological polar surface area (TPSA) is 92.3 Å². The van der Waals surface area contributed by atoms with Crippen molar-refractivity contribution in [1.82, 2.24) is 10.2 Å². The molecule has 1 saturated carbocycles. The second-order valence-corrected chi connectivity index (χ2v) is 14.5. The van der Waals surface area contributed by atoms with Gasteiger partial charge < -0.3 is 30.0 Å². The highest BCUT2D eigenvalue weighted by molar-refractivity contribution is 5.89. The largest absolute Gasteiger partial charge is 0.457 e. The van der Waals surface area contributed by atoms with E-state index < -0.39 is 6.29 Å². The lowest BCUT2D eigenvalue weighted by Gasteiger charge is -2.43. The van der Waals surface area contributed by atoms with Crippen LogP contribution < -0.4 is 15.4 Å². The van der Waals surface area contributed by atoms with Gasteiger partial charge >= 0.3 is 6.03 Å². The lowest BCUT2D eigenvalue weighted by molar-refractivity contribution is -0.276. The van der Waals surface area contributed by atoms with Gasteiger partial charge in [0.05, 0.1) is 18.8 Å². The summed E-state index contributed by atoms with van der Waals surface area (Å²) in [6.07, 6.45) is 6.18. The Morgan fingerprint density at radius 1 is 0.836 bits per heavy atom. The second-order valence-electron chi connectivity index (χ2n) is 14.5. The predicted octanol–water partition coefficient (Wildman–Crippen LogP) is 10.2. The summed E-state index contributed by atoms with van der Waals surface area (Å²) < 4.78 is 19.5. The predicted molar refractivity (Wildman–Crippen MR) is 218 cm³/mol. The normalized spacial score (nSPS) is 19.9. The van der Waals surface area contributed by atoms with Crippen molar-refractivity contribution in [3.8, 4) is 22.6 Å². The molecule has 1 saturated heterocycles. The Balaban J connectivity index is 1.03. The van der Waals surface area contributed by atoms with Crippen molar-refractivity contribution in [1.29, 1.82) is 0 Å². The Hall–Kier alpha value is -5.25. The summed E-state index contributed by atoms with van der Waals surface area (Å²) in [7, 11) is 0. The van der Waals surface area contributed by atoms with Crippen LogP contribution in [0.1, 0.15) is 67.3 Å². The molecule has 284 valence electrons. The molecule has 0 bridgehead atoms. The fourth-order valence-corrected chi connectivity index (χ4v) is 7.72. The molecule has 5 aromatic rings. The van der Waals surface area contributed by atoms with Crippen molar-refractivity contribution in [3.63, 3.8) is 0 Å². The molecule has 5 aromatic carbocycles. The van der Waals surface area contributed by atoms with E-state index >= 15 is 0 Å². The molecule has 1 aliphatic carbocycles. The van der Waals surface area contributed by atoms with E-state index in [-0.39, 0.29) is 30.8 Å². The molecular weight excluding hydrogens is 687 g/mol. The van der Waals surface area contributed by atoms with Gasteiger partial charge in [0.25, 0.3) is 0 Å². The van der Waals surface area contributed by atoms with Crippen LogP contribution in [-0.2, 0) is 22.6 Å². The van der Waals surface area contributed by atoms with Gasteiger partial charge in [-0.15, -0.1) is 6.58 Å². The van der Waals surface area contributed by atoms with Crippen LogP contribution >= 0.6 is 0 Å². The number of ether oxygens (including phenoxy) is 3. The van der Waals surface area contributed by atoms with Crippen LogP contribution in [0.5, 0.6) is 11.5 Å². The van der Waals surface area contributed by atoms with Gasteiger partial charge in [0.1, 0.15) is 11.5 Å². The average molecular weight is 738 g/mol. The van der Waals surface area contributed by atoms with Crippen LogP contribution in [0.3, 0.4) is 0 Å². The molecule has 0 spiro atoms. The third kappa shape index (κ3) is 9.71. The highest BCUT2D eigenvalue weighted by Crippen LogP contribution is 2.43. The molecule has 2 amide bonds. The van der Waals surface area contributed by atoms with Crippen molar-refractivity contribution in [2.24, 2.45) is 5.92 Å². The number of nitrogens with zero attached hydrogens (tertiary/aromatic N) is 1. The Morgan fingerprint density at radius 3 is 2.22 bits per heavy atom. The van der Waals surface area contributed by atoms with Crippen LogP contribution in [0.4, 0.5) is 10.5 Å². The van der Waals surface area contributed by atoms with E-state index in [1.165, 1.54) is 25.7 Å². The molecule has 8 heteroatoms. The number of hydrogen-bond acceptors (Lipinski definition) is 6. The summed E-state index contributed by atoms with van der Waals surface area (Å²) >= 11 is 0. The zero-order chi connectivity index (χ0) is 38.0. The second kappa shape index (κ2) is 18.4. The SMILES string of the molecule is C=CCN(C[C@H]1O[C@@H](c2ccc(-c3ccccc3CNC(=O)Nc3ccc(Oc4ccccc4)cc3)cc2)O[C@@H](c2ccc(CO)cc2)[C@H]1C)C1CCCC1. The molecule has 1 heterocycles. The number of benzene rings is 5. The fraction of sp³-hybridized carbons (Fsp3) is 0.298. The van der Waals surface area contributed by atoms with Gasteiger partial charge in [0.2, 0.25) is 0 Å². The molecule has 0 radical (unpaired) electrons. The van der Waals surface area contributed by atoms with E-state index in [1.807, 2.05) is 91.0 Å². The van der Waals surface area contributed by atoms with Gasteiger partial charge in [0.15, 0.2) is 6.29 Å². The van der Waals surface area contributed by atoms with Crippen molar-refractivity contribution in [2.75, 3.05) is 18.4 Å².